The molecule has 2 atom stereocenters. The minimum atomic E-state index is -0.166. The van der Waals surface area contributed by atoms with Crippen LogP contribution in [0.4, 0.5) is 4.79 Å². The van der Waals surface area contributed by atoms with E-state index in [1.807, 2.05) is 66.4 Å². The minimum absolute atomic E-state index is 0.00656. The van der Waals surface area contributed by atoms with Crippen molar-refractivity contribution < 1.29 is 9.53 Å². The van der Waals surface area contributed by atoms with Crippen LogP contribution in [0.25, 0.3) is 0 Å². The number of nitrogens with one attached hydrogen (secondary N) is 1. The van der Waals surface area contributed by atoms with Crippen LogP contribution in [0.5, 0.6) is 5.75 Å². The first kappa shape index (κ1) is 17.3. The first-order valence-electron chi connectivity index (χ1n) is 9.00. The van der Waals surface area contributed by atoms with Gasteiger partial charge in [0.15, 0.2) is 0 Å². The third-order valence-corrected chi connectivity index (χ3v) is 4.64. The van der Waals surface area contributed by atoms with Crippen LogP contribution >= 0.6 is 0 Å². The Kier molecular flexibility index (Phi) is 5.59. The normalized spacial score (nSPS) is 18.0. The molecule has 3 rings (SSSR count). The molecule has 4 nitrogen and oxygen atoms in total. The third kappa shape index (κ3) is 4.32. The molecule has 1 saturated heterocycles. The lowest BCUT2D eigenvalue weighted by Gasteiger charge is -2.24. The predicted octanol–water partition coefficient (Wildman–Crippen LogP) is 4.23. The standard InChI is InChI=1S/C21H26N2O2/c1-3-25-19-11-9-18(10-12-19)20(17-7-5-4-6-8-17)22-21(24)23-14-13-16(2)15-23/h4-12,16,20H,3,13-15H2,1-2H3,(H,22,24). The van der Waals surface area contributed by atoms with Crippen LogP contribution in [0.1, 0.15) is 37.4 Å². The lowest BCUT2D eigenvalue weighted by Crippen LogP contribution is -2.40. The lowest BCUT2D eigenvalue weighted by molar-refractivity contribution is 0.205. The summed E-state index contributed by atoms with van der Waals surface area (Å²) in [5.74, 6) is 1.42. The van der Waals surface area contributed by atoms with Crippen molar-refractivity contribution in [3.05, 3.63) is 65.7 Å². The van der Waals surface area contributed by atoms with E-state index in [0.717, 1.165) is 36.4 Å². The number of likely N-dealkylation sites (tertiary alicyclic amines) is 1. The highest BCUT2D eigenvalue weighted by Gasteiger charge is 2.26. The summed E-state index contributed by atoms with van der Waals surface area (Å²) in [6.45, 7) is 6.46. The van der Waals surface area contributed by atoms with Gasteiger partial charge in [-0.05, 0) is 42.5 Å². The summed E-state index contributed by atoms with van der Waals surface area (Å²) in [4.78, 5) is 14.6. The summed E-state index contributed by atoms with van der Waals surface area (Å²) in [5, 5.41) is 3.21. The molecule has 1 fully saturated rings. The molecule has 0 saturated carbocycles. The van der Waals surface area contributed by atoms with Gasteiger partial charge in [-0.1, -0.05) is 49.4 Å². The molecule has 0 spiro atoms. The first-order chi connectivity index (χ1) is 12.2. The number of carbonyl (C=O) groups excluding carboxylic acids is 1. The number of ether oxygens (including phenoxy) is 1. The molecule has 0 aromatic heterocycles. The Hall–Kier alpha value is -2.49. The predicted molar refractivity (Wildman–Crippen MR) is 99.8 cm³/mol. The van der Waals surface area contributed by atoms with E-state index in [1.165, 1.54) is 0 Å². The van der Waals surface area contributed by atoms with E-state index in [1.54, 1.807) is 0 Å². The molecule has 2 aromatic rings. The number of hydrogen-bond acceptors (Lipinski definition) is 2. The maximum Gasteiger partial charge on any atom is 0.318 e. The van der Waals surface area contributed by atoms with Crippen molar-refractivity contribution >= 4 is 6.03 Å². The maximum atomic E-state index is 12.7. The number of benzene rings is 2. The molecule has 1 aliphatic rings. The Bertz CT molecular complexity index is 685. The van der Waals surface area contributed by atoms with Crippen molar-refractivity contribution in [1.29, 1.82) is 0 Å². The van der Waals surface area contributed by atoms with Gasteiger partial charge in [0.1, 0.15) is 5.75 Å². The van der Waals surface area contributed by atoms with E-state index < -0.39 is 0 Å². The number of urea groups is 1. The zero-order chi connectivity index (χ0) is 17.6. The molecule has 25 heavy (non-hydrogen) atoms. The highest BCUT2D eigenvalue weighted by atomic mass is 16.5. The summed E-state index contributed by atoms with van der Waals surface area (Å²) < 4.78 is 5.52. The fourth-order valence-corrected chi connectivity index (χ4v) is 3.26. The maximum absolute atomic E-state index is 12.7. The monoisotopic (exact) mass is 338 g/mol. The second-order valence-corrected chi connectivity index (χ2v) is 6.64. The van der Waals surface area contributed by atoms with E-state index in [0.29, 0.717) is 12.5 Å². The van der Waals surface area contributed by atoms with Gasteiger partial charge >= 0.3 is 6.03 Å². The molecule has 1 N–H and O–H groups in total. The minimum Gasteiger partial charge on any atom is -0.494 e. The van der Waals surface area contributed by atoms with Crippen LogP contribution in [0.3, 0.4) is 0 Å². The fraction of sp³-hybridized carbons (Fsp3) is 0.381. The average molecular weight is 338 g/mol. The van der Waals surface area contributed by atoms with Crippen molar-refractivity contribution in [1.82, 2.24) is 10.2 Å². The SMILES string of the molecule is CCOc1ccc(C(NC(=O)N2CCC(C)C2)c2ccccc2)cc1. The smallest absolute Gasteiger partial charge is 0.318 e. The average Bonchev–Trinajstić information content (AvgIpc) is 3.08. The Morgan fingerprint density at radius 3 is 2.44 bits per heavy atom. The number of hydrogen-bond donors (Lipinski definition) is 1. The first-order valence-corrected chi connectivity index (χ1v) is 9.00. The molecule has 0 aliphatic carbocycles. The summed E-state index contributed by atoms with van der Waals surface area (Å²) in [7, 11) is 0. The lowest BCUT2D eigenvalue weighted by atomic mass is 9.99. The van der Waals surface area contributed by atoms with Gasteiger partial charge in [-0.3, -0.25) is 0 Å². The van der Waals surface area contributed by atoms with Crippen molar-refractivity contribution in [2.45, 2.75) is 26.3 Å². The van der Waals surface area contributed by atoms with Crippen LogP contribution in [0.15, 0.2) is 54.6 Å². The highest BCUT2D eigenvalue weighted by Crippen LogP contribution is 2.25. The molecule has 4 heteroatoms. The second kappa shape index (κ2) is 8.06. The van der Waals surface area contributed by atoms with Gasteiger partial charge in [-0.2, -0.15) is 0 Å². The van der Waals surface area contributed by atoms with Gasteiger partial charge in [0.2, 0.25) is 0 Å². The van der Waals surface area contributed by atoms with Gasteiger partial charge in [-0.25, -0.2) is 4.79 Å². The van der Waals surface area contributed by atoms with Crippen LogP contribution in [0, 0.1) is 5.92 Å². The van der Waals surface area contributed by atoms with Crippen LogP contribution < -0.4 is 10.1 Å². The van der Waals surface area contributed by atoms with Gasteiger partial charge in [0.05, 0.1) is 12.6 Å². The second-order valence-electron chi connectivity index (χ2n) is 6.64. The molecule has 132 valence electrons. The van der Waals surface area contributed by atoms with Crippen LogP contribution in [0.2, 0.25) is 0 Å². The van der Waals surface area contributed by atoms with Crippen molar-refractivity contribution in [2.75, 3.05) is 19.7 Å². The largest absolute Gasteiger partial charge is 0.494 e. The highest BCUT2D eigenvalue weighted by molar-refractivity contribution is 5.75. The Morgan fingerprint density at radius 1 is 1.16 bits per heavy atom. The Morgan fingerprint density at radius 2 is 1.84 bits per heavy atom. The number of nitrogens with zero attached hydrogens (tertiary/aromatic N) is 1. The van der Waals surface area contributed by atoms with Gasteiger partial charge in [0.25, 0.3) is 0 Å². The topological polar surface area (TPSA) is 41.6 Å². The van der Waals surface area contributed by atoms with Crippen LogP contribution in [-0.2, 0) is 0 Å². The van der Waals surface area contributed by atoms with E-state index in [9.17, 15) is 4.79 Å². The van der Waals surface area contributed by atoms with E-state index in [4.69, 9.17) is 4.74 Å². The number of carbonyl (C=O) groups is 1. The summed E-state index contributed by atoms with van der Waals surface area (Å²) in [6.07, 6.45) is 1.08. The number of amides is 2. The molecule has 2 aromatic carbocycles. The molecule has 2 amide bonds. The zero-order valence-electron chi connectivity index (χ0n) is 14.9. The number of rotatable bonds is 5. The van der Waals surface area contributed by atoms with Gasteiger partial charge in [-0.15, -0.1) is 0 Å². The van der Waals surface area contributed by atoms with Gasteiger partial charge < -0.3 is 15.0 Å². The molecule has 1 aliphatic heterocycles. The quantitative estimate of drug-likeness (QED) is 0.886. The molecule has 1 heterocycles. The summed E-state index contributed by atoms with van der Waals surface area (Å²) >= 11 is 0. The third-order valence-electron chi connectivity index (χ3n) is 4.64. The molecule has 0 bridgehead atoms. The van der Waals surface area contributed by atoms with E-state index >= 15 is 0 Å². The Labute approximate surface area is 149 Å². The fourth-order valence-electron chi connectivity index (χ4n) is 3.26. The summed E-state index contributed by atoms with van der Waals surface area (Å²) in [5.41, 5.74) is 2.13. The van der Waals surface area contributed by atoms with E-state index in [-0.39, 0.29) is 12.1 Å². The van der Waals surface area contributed by atoms with Crippen molar-refractivity contribution in [3.8, 4) is 5.75 Å². The zero-order valence-corrected chi connectivity index (χ0v) is 14.9. The Balaban J connectivity index is 1.81. The van der Waals surface area contributed by atoms with Crippen molar-refractivity contribution in [3.63, 3.8) is 0 Å². The summed E-state index contributed by atoms with van der Waals surface area (Å²) in [6, 6.07) is 17.9. The molecular formula is C21H26N2O2. The van der Waals surface area contributed by atoms with Crippen molar-refractivity contribution in [2.24, 2.45) is 5.92 Å². The molecule has 0 radical (unpaired) electrons. The van der Waals surface area contributed by atoms with Crippen LogP contribution in [-0.4, -0.2) is 30.6 Å². The van der Waals surface area contributed by atoms with Gasteiger partial charge in [0, 0.05) is 13.1 Å². The molecular weight excluding hydrogens is 312 g/mol. The molecule has 2 unspecified atom stereocenters. The van der Waals surface area contributed by atoms with E-state index in [2.05, 4.69) is 12.2 Å².